The number of nitrogens with one attached hydrogen (secondary N) is 1. The number of ether oxygens (including phenoxy) is 2. The van der Waals surface area contributed by atoms with Gasteiger partial charge < -0.3 is 14.8 Å². The van der Waals surface area contributed by atoms with Crippen LogP contribution in [0.1, 0.15) is 32.3 Å². The average Bonchev–Trinajstić information content (AvgIpc) is 2.71. The van der Waals surface area contributed by atoms with E-state index >= 15 is 0 Å². The normalized spacial score (nSPS) is 14.1. The summed E-state index contributed by atoms with van der Waals surface area (Å²) in [6, 6.07) is 14.4. The van der Waals surface area contributed by atoms with Crippen LogP contribution in [0.3, 0.4) is 0 Å². The second-order valence-electron chi connectivity index (χ2n) is 7.13. The van der Waals surface area contributed by atoms with Crippen molar-refractivity contribution in [3.05, 3.63) is 54.1 Å². The molecule has 0 radical (unpaired) electrons. The molecule has 2 aromatic carbocycles. The van der Waals surface area contributed by atoms with Gasteiger partial charge in [0.2, 0.25) is 5.91 Å². The molecule has 0 spiro atoms. The van der Waals surface area contributed by atoms with Gasteiger partial charge in [0, 0.05) is 0 Å². The lowest BCUT2D eigenvalue weighted by atomic mass is 10.0. The van der Waals surface area contributed by atoms with Crippen LogP contribution in [0.15, 0.2) is 48.5 Å². The van der Waals surface area contributed by atoms with Crippen LogP contribution in [0, 0.1) is 0 Å². The lowest BCUT2D eigenvalue weighted by Crippen LogP contribution is -2.47. The Labute approximate surface area is 169 Å². The number of amides is 2. The van der Waals surface area contributed by atoms with Crippen molar-refractivity contribution >= 4 is 29.2 Å². The van der Waals surface area contributed by atoms with Crippen molar-refractivity contribution in [2.45, 2.75) is 32.8 Å². The zero-order valence-corrected chi connectivity index (χ0v) is 16.7. The van der Waals surface area contributed by atoms with E-state index in [1.807, 2.05) is 12.1 Å². The van der Waals surface area contributed by atoms with Gasteiger partial charge in [-0.1, -0.05) is 38.1 Å². The summed E-state index contributed by atoms with van der Waals surface area (Å²) in [6.07, 6.45) is -1.05. The van der Waals surface area contributed by atoms with E-state index in [0.717, 1.165) is 0 Å². The van der Waals surface area contributed by atoms with E-state index in [0.29, 0.717) is 23.0 Å². The molecule has 152 valence electrons. The first-order valence-electron chi connectivity index (χ1n) is 9.47. The third kappa shape index (κ3) is 4.93. The number of carbonyl (C=O) groups is 3. The molecule has 2 aromatic rings. The van der Waals surface area contributed by atoms with Crippen molar-refractivity contribution in [1.29, 1.82) is 0 Å². The molecule has 0 aromatic heterocycles. The van der Waals surface area contributed by atoms with Crippen LogP contribution in [0.5, 0.6) is 5.75 Å². The van der Waals surface area contributed by atoms with Gasteiger partial charge >= 0.3 is 5.97 Å². The Kier molecular flexibility index (Phi) is 6.16. The number of nitrogens with zero attached hydrogens (tertiary/aromatic N) is 1. The molecule has 0 bridgehead atoms. The smallest absolute Gasteiger partial charge is 0.344 e. The van der Waals surface area contributed by atoms with E-state index < -0.39 is 18.0 Å². The molecule has 7 heteroatoms. The molecule has 2 amide bonds. The molecular weight excluding hydrogens is 372 g/mol. The first kappa shape index (κ1) is 20.4. The highest BCUT2D eigenvalue weighted by Gasteiger charge is 2.31. The molecule has 0 unspecified atom stereocenters. The summed E-state index contributed by atoms with van der Waals surface area (Å²) >= 11 is 0. The number of anilines is 2. The Balaban J connectivity index is 1.57. The first-order valence-corrected chi connectivity index (χ1v) is 9.47. The lowest BCUT2D eigenvalue weighted by Gasteiger charge is -2.30. The van der Waals surface area contributed by atoms with E-state index in [1.54, 1.807) is 36.4 Å². The molecule has 0 saturated carbocycles. The number of carbonyl (C=O) groups excluding carboxylic acids is 3. The fourth-order valence-corrected chi connectivity index (χ4v) is 3.02. The Bertz CT molecular complexity index is 908. The van der Waals surface area contributed by atoms with Gasteiger partial charge in [-0.3, -0.25) is 14.5 Å². The summed E-state index contributed by atoms with van der Waals surface area (Å²) in [5.41, 5.74) is 2.29. The van der Waals surface area contributed by atoms with Crippen molar-refractivity contribution in [2.24, 2.45) is 0 Å². The summed E-state index contributed by atoms with van der Waals surface area (Å²) in [5.74, 6) is -0.478. The van der Waals surface area contributed by atoms with Gasteiger partial charge in [0.25, 0.3) is 5.91 Å². The molecule has 7 nitrogen and oxygen atoms in total. The van der Waals surface area contributed by atoms with Crippen LogP contribution in [0.4, 0.5) is 11.4 Å². The van der Waals surface area contributed by atoms with Crippen molar-refractivity contribution in [3.63, 3.8) is 0 Å². The predicted octanol–water partition coefficient (Wildman–Crippen LogP) is 3.11. The molecule has 1 atom stereocenters. The fourth-order valence-electron chi connectivity index (χ4n) is 3.02. The Morgan fingerprint density at radius 1 is 1.07 bits per heavy atom. The summed E-state index contributed by atoms with van der Waals surface area (Å²) in [7, 11) is 0. The summed E-state index contributed by atoms with van der Waals surface area (Å²) in [4.78, 5) is 38.0. The quantitative estimate of drug-likeness (QED) is 0.759. The molecule has 1 heterocycles. The molecule has 0 fully saturated rings. The number of fused-ring (bicyclic) bond motifs is 1. The summed E-state index contributed by atoms with van der Waals surface area (Å²) in [5, 5.41) is 2.71. The highest BCUT2D eigenvalue weighted by atomic mass is 16.6. The molecule has 0 saturated heterocycles. The topological polar surface area (TPSA) is 84.9 Å². The fraction of sp³-hybridized carbons (Fsp3) is 0.318. The van der Waals surface area contributed by atoms with Gasteiger partial charge in [0.15, 0.2) is 12.7 Å². The average molecular weight is 396 g/mol. The maximum absolute atomic E-state index is 12.7. The van der Waals surface area contributed by atoms with Gasteiger partial charge in [-0.25, -0.2) is 4.79 Å². The van der Waals surface area contributed by atoms with Crippen LogP contribution in [0.2, 0.25) is 0 Å². The van der Waals surface area contributed by atoms with E-state index in [1.165, 1.54) is 17.4 Å². The van der Waals surface area contributed by atoms with Crippen LogP contribution in [0.25, 0.3) is 0 Å². The zero-order valence-electron chi connectivity index (χ0n) is 16.7. The molecular formula is C22H24N2O5. The number of hydrogen-bond acceptors (Lipinski definition) is 5. The van der Waals surface area contributed by atoms with E-state index in [2.05, 4.69) is 19.2 Å². The zero-order chi connectivity index (χ0) is 21.0. The number of benzene rings is 2. The first-order chi connectivity index (χ1) is 13.8. The molecule has 0 aliphatic carbocycles. The standard InChI is InChI=1S/C22H24N2O5/c1-14(2)16-8-10-17(11-9-16)28-13-21(26)29-15(3)22(27)24-12-20(25)23-18-6-4-5-7-19(18)24/h4-11,14-15H,12-13H2,1-3H3,(H,23,25)/t15-/m1/s1. The Morgan fingerprint density at radius 2 is 1.76 bits per heavy atom. The van der Waals surface area contributed by atoms with E-state index in [-0.39, 0.29) is 19.1 Å². The maximum atomic E-state index is 12.7. The third-order valence-electron chi connectivity index (χ3n) is 4.60. The van der Waals surface area contributed by atoms with Crippen molar-refractivity contribution in [1.82, 2.24) is 0 Å². The minimum Gasteiger partial charge on any atom is -0.482 e. The minimum atomic E-state index is -1.05. The molecule has 1 aliphatic heterocycles. The molecule has 1 aliphatic rings. The molecule has 3 rings (SSSR count). The SMILES string of the molecule is CC(C)c1ccc(OCC(=O)O[C@H](C)C(=O)N2CC(=O)Nc3ccccc32)cc1. The number of rotatable bonds is 6. The highest BCUT2D eigenvalue weighted by molar-refractivity contribution is 6.11. The lowest BCUT2D eigenvalue weighted by molar-refractivity contribution is -0.155. The number of esters is 1. The second kappa shape index (κ2) is 8.77. The van der Waals surface area contributed by atoms with Crippen LogP contribution in [-0.4, -0.2) is 37.0 Å². The number of para-hydroxylation sites is 2. The van der Waals surface area contributed by atoms with Crippen molar-refractivity contribution < 1.29 is 23.9 Å². The molecule has 1 N–H and O–H groups in total. The van der Waals surface area contributed by atoms with E-state index in [4.69, 9.17) is 9.47 Å². The highest BCUT2D eigenvalue weighted by Crippen LogP contribution is 2.29. The summed E-state index contributed by atoms with van der Waals surface area (Å²) in [6.45, 7) is 5.23. The predicted molar refractivity (Wildman–Crippen MR) is 109 cm³/mol. The number of hydrogen-bond donors (Lipinski definition) is 1. The second-order valence-corrected chi connectivity index (χ2v) is 7.13. The maximum Gasteiger partial charge on any atom is 0.344 e. The minimum absolute atomic E-state index is 0.129. The van der Waals surface area contributed by atoms with Gasteiger partial charge in [-0.15, -0.1) is 0 Å². The van der Waals surface area contributed by atoms with Crippen LogP contribution >= 0.6 is 0 Å². The largest absolute Gasteiger partial charge is 0.482 e. The van der Waals surface area contributed by atoms with Crippen LogP contribution < -0.4 is 15.0 Å². The van der Waals surface area contributed by atoms with Crippen molar-refractivity contribution in [2.75, 3.05) is 23.4 Å². The van der Waals surface area contributed by atoms with E-state index in [9.17, 15) is 14.4 Å². The van der Waals surface area contributed by atoms with Gasteiger partial charge in [0.1, 0.15) is 12.3 Å². The van der Waals surface area contributed by atoms with Gasteiger partial charge in [-0.05, 0) is 42.7 Å². The van der Waals surface area contributed by atoms with Crippen LogP contribution in [-0.2, 0) is 19.1 Å². The Hall–Kier alpha value is -3.35. The van der Waals surface area contributed by atoms with Crippen molar-refractivity contribution in [3.8, 4) is 5.75 Å². The Morgan fingerprint density at radius 3 is 2.45 bits per heavy atom. The van der Waals surface area contributed by atoms with Gasteiger partial charge in [-0.2, -0.15) is 0 Å². The monoisotopic (exact) mass is 396 g/mol. The summed E-state index contributed by atoms with van der Waals surface area (Å²) < 4.78 is 10.7. The van der Waals surface area contributed by atoms with Gasteiger partial charge in [0.05, 0.1) is 11.4 Å². The third-order valence-corrected chi connectivity index (χ3v) is 4.60. The molecule has 29 heavy (non-hydrogen) atoms.